The van der Waals surface area contributed by atoms with Crippen LogP contribution in [0.4, 0.5) is 11.5 Å². The molecule has 0 spiro atoms. The van der Waals surface area contributed by atoms with E-state index in [0.717, 1.165) is 70.0 Å². The fourth-order valence-electron chi connectivity index (χ4n) is 5.05. The average Bonchev–Trinajstić information content (AvgIpc) is 3.39. The molecule has 0 atom stereocenters. The molecule has 5 aromatic rings. The van der Waals surface area contributed by atoms with Gasteiger partial charge in [0.05, 0.1) is 29.1 Å². The van der Waals surface area contributed by atoms with Crippen LogP contribution in [0.15, 0.2) is 67.1 Å². The fourth-order valence-corrected chi connectivity index (χ4v) is 6.39. The molecule has 0 saturated carbocycles. The van der Waals surface area contributed by atoms with E-state index in [1.165, 1.54) is 0 Å². The number of carbonyl (C=O) groups excluding carboxylic acids is 1. The van der Waals surface area contributed by atoms with Gasteiger partial charge in [-0.15, -0.1) is 11.3 Å². The second-order valence-electron chi connectivity index (χ2n) is 10.1. The number of fused-ring (bicyclic) bond motifs is 3. The second kappa shape index (κ2) is 13.0. The standard InChI is InChI=1S/C31H31ClN6O3S/c1-40-15-14-37-10-12-38(13-11-37)28(39)17-21-5-7-24-27(16-21)42-31-29(24)30(34-20-35-31)36-22-6-8-26(25(32)18-22)41-19-23-4-2-3-9-33-23/h2-9,16,18,20H,10-15,17,19H2,1H3,(H,34,35,36). The molecule has 1 amide bonds. The van der Waals surface area contributed by atoms with Crippen LogP contribution in [0.3, 0.4) is 0 Å². The third-order valence-electron chi connectivity index (χ3n) is 7.32. The van der Waals surface area contributed by atoms with Gasteiger partial charge in [-0.3, -0.25) is 14.7 Å². The van der Waals surface area contributed by atoms with Crippen molar-refractivity contribution >= 4 is 60.7 Å². The first-order valence-corrected chi connectivity index (χ1v) is 15.0. The lowest BCUT2D eigenvalue weighted by Crippen LogP contribution is -2.49. The van der Waals surface area contributed by atoms with Gasteiger partial charge in [0, 0.05) is 61.8 Å². The SMILES string of the molecule is COCCN1CCN(C(=O)Cc2ccc3c(c2)sc2ncnc(Nc4ccc(OCc5ccccn5)c(Cl)c4)c23)CC1. The molecule has 42 heavy (non-hydrogen) atoms. The number of methoxy groups -OCH3 is 1. The topological polar surface area (TPSA) is 92.7 Å². The number of hydrogen-bond donors (Lipinski definition) is 1. The number of benzene rings is 2. The molecular weight excluding hydrogens is 572 g/mol. The Balaban J connectivity index is 1.15. The molecule has 0 radical (unpaired) electrons. The van der Waals surface area contributed by atoms with Gasteiger partial charge in [0.1, 0.15) is 29.3 Å². The molecule has 4 heterocycles. The van der Waals surface area contributed by atoms with Gasteiger partial charge in [-0.1, -0.05) is 29.8 Å². The molecule has 1 saturated heterocycles. The maximum Gasteiger partial charge on any atom is 0.227 e. The van der Waals surface area contributed by atoms with E-state index in [2.05, 4.69) is 37.3 Å². The smallest absolute Gasteiger partial charge is 0.227 e. The van der Waals surface area contributed by atoms with E-state index in [1.807, 2.05) is 47.4 Å². The Morgan fingerprint density at radius 3 is 2.71 bits per heavy atom. The maximum atomic E-state index is 13.0. The lowest BCUT2D eigenvalue weighted by Gasteiger charge is -2.34. The van der Waals surface area contributed by atoms with Gasteiger partial charge in [0.2, 0.25) is 5.91 Å². The number of pyridine rings is 1. The number of anilines is 2. The van der Waals surface area contributed by atoms with Gasteiger partial charge >= 0.3 is 0 Å². The van der Waals surface area contributed by atoms with Gasteiger partial charge in [0.25, 0.3) is 0 Å². The van der Waals surface area contributed by atoms with Crippen LogP contribution >= 0.6 is 22.9 Å². The predicted octanol–water partition coefficient (Wildman–Crippen LogP) is 5.55. The Labute approximate surface area is 253 Å². The number of ether oxygens (including phenoxy) is 2. The Morgan fingerprint density at radius 1 is 1.05 bits per heavy atom. The van der Waals surface area contributed by atoms with E-state index >= 15 is 0 Å². The zero-order valence-corrected chi connectivity index (χ0v) is 24.8. The van der Waals surface area contributed by atoms with Crippen molar-refractivity contribution in [3.8, 4) is 5.75 Å². The Kier molecular flexibility index (Phi) is 8.76. The Hall–Kier alpha value is -3.83. The number of halogens is 1. The van der Waals surface area contributed by atoms with Gasteiger partial charge in [-0.2, -0.15) is 0 Å². The van der Waals surface area contributed by atoms with Crippen molar-refractivity contribution in [3.05, 3.63) is 83.4 Å². The molecule has 1 aliphatic rings. The van der Waals surface area contributed by atoms with Crippen LogP contribution in [-0.4, -0.2) is 77.1 Å². The number of thiophene rings is 1. The summed E-state index contributed by atoms with van der Waals surface area (Å²) in [5.74, 6) is 1.43. The van der Waals surface area contributed by atoms with Crippen molar-refractivity contribution in [1.82, 2.24) is 24.8 Å². The van der Waals surface area contributed by atoms with Crippen molar-refractivity contribution < 1.29 is 14.3 Å². The molecule has 216 valence electrons. The van der Waals surface area contributed by atoms with Gasteiger partial charge in [-0.25, -0.2) is 9.97 Å². The summed E-state index contributed by atoms with van der Waals surface area (Å²) < 4.78 is 12.1. The molecule has 1 fully saturated rings. The van der Waals surface area contributed by atoms with E-state index in [-0.39, 0.29) is 5.91 Å². The first kappa shape index (κ1) is 28.3. The van der Waals surface area contributed by atoms with Crippen molar-refractivity contribution in [2.45, 2.75) is 13.0 Å². The molecule has 0 unspecified atom stereocenters. The van der Waals surface area contributed by atoms with Crippen molar-refractivity contribution in [2.75, 3.05) is 51.8 Å². The van der Waals surface area contributed by atoms with Crippen LogP contribution in [0.1, 0.15) is 11.3 Å². The number of aromatic nitrogens is 3. The minimum absolute atomic E-state index is 0.160. The highest BCUT2D eigenvalue weighted by Gasteiger charge is 2.21. The normalized spacial score (nSPS) is 14.0. The van der Waals surface area contributed by atoms with E-state index in [1.54, 1.807) is 31.0 Å². The maximum absolute atomic E-state index is 13.0. The fraction of sp³-hybridized carbons (Fsp3) is 0.290. The number of hydrogen-bond acceptors (Lipinski definition) is 9. The van der Waals surface area contributed by atoms with Gasteiger partial charge in [-0.05, 0) is 42.0 Å². The first-order valence-electron chi connectivity index (χ1n) is 13.8. The molecule has 0 aliphatic carbocycles. The third-order valence-corrected chi connectivity index (χ3v) is 8.68. The highest BCUT2D eigenvalue weighted by Crippen LogP contribution is 2.38. The first-order chi connectivity index (χ1) is 20.6. The zero-order chi connectivity index (χ0) is 28.9. The molecule has 6 rings (SSSR count). The van der Waals surface area contributed by atoms with E-state index < -0.39 is 0 Å². The molecule has 3 aromatic heterocycles. The van der Waals surface area contributed by atoms with E-state index in [4.69, 9.17) is 21.1 Å². The number of nitrogens with zero attached hydrogens (tertiary/aromatic N) is 5. The molecule has 1 aliphatic heterocycles. The third kappa shape index (κ3) is 6.47. The molecular formula is C31H31ClN6O3S. The molecule has 11 heteroatoms. The lowest BCUT2D eigenvalue weighted by atomic mass is 10.1. The highest BCUT2D eigenvalue weighted by molar-refractivity contribution is 7.25. The second-order valence-corrected chi connectivity index (χ2v) is 11.5. The minimum atomic E-state index is 0.160. The summed E-state index contributed by atoms with van der Waals surface area (Å²) in [6.07, 6.45) is 3.67. The number of piperazine rings is 1. The van der Waals surface area contributed by atoms with E-state index in [9.17, 15) is 4.79 Å². The molecule has 2 aromatic carbocycles. The van der Waals surface area contributed by atoms with Crippen molar-refractivity contribution in [1.29, 1.82) is 0 Å². The Bertz CT molecular complexity index is 1690. The van der Waals surface area contributed by atoms with Crippen molar-refractivity contribution in [2.24, 2.45) is 0 Å². The number of carbonyl (C=O) groups is 1. The van der Waals surface area contributed by atoms with Crippen molar-refractivity contribution in [3.63, 3.8) is 0 Å². The molecule has 1 N–H and O–H groups in total. The van der Waals surface area contributed by atoms with Gasteiger partial charge < -0.3 is 19.7 Å². The summed E-state index contributed by atoms with van der Waals surface area (Å²) in [7, 11) is 1.72. The molecule has 9 nitrogen and oxygen atoms in total. The Morgan fingerprint density at radius 2 is 1.93 bits per heavy atom. The van der Waals surface area contributed by atoms with Crippen LogP contribution in [0, 0.1) is 0 Å². The largest absolute Gasteiger partial charge is 0.486 e. The summed E-state index contributed by atoms with van der Waals surface area (Å²) in [5.41, 5.74) is 2.61. The van der Waals surface area contributed by atoms with Crippen LogP contribution in [0.5, 0.6) is 5.75 Å². The van der Waals surface area contributed by atoms with Crippen LogP contribution < -0.4 is 10.1 Å². The highest BCUT2D eigenvalue weighted by atomic mass is 35.5. The van der Waals surface area contributed by atoms with Gasteiger partial charge in [0.15, 0.2) is 0 Å². The van der Waals surface area contributed by atoms with E-state index in [0.29, 0.717) is 36.2 Å². The van der Waals surface area contributed by atoms with Crippen LogP contribution in [0.25, 0.3) is 20.3 Å². The summed E-state index contributed by atoms with van der Waals surface area (Å²) >= 11 is 8.14. The van der Waals surface area contributed by atoms with Crippen LogP contribution in [-0.2, 0) is 22.6 Å². The lowest BCUT2D eigenvalue weighted by molar-refractivity contribution is -0.132. The molecule has 0 bridgehead atoms. The number of nitrogens with one attached hydrogen (secondary N) is 1. The number of rotatable bonds is 10. The minimum Gasteiger partial charge on any atom is -0.486 e. The van der Waals surface area contributed by atoms with Crippen LogP contribution in [0.2, 0.25) is 5.02 Å². The monoisotopic (exact) mass is 602 g/mol. The quantitative estimate of drug-likeness (QED) is 0.222. The number of amides is 1. The summed E-state index contributed by atoms with van der Waals surface area (Å²) in [5, 5.41) is 5.87. The summed E-state index contributed by atoms with van der Waals surface area (Å²) in [6.45, 7) is 5.21. The summed E-state index contributed by atoms with van der Waals surface area (Å²) in [4.78, 5) is 31.6. The predicted molar refractivity (Wildman–Crippen MR) is 167 cm³/mol. The summed E-state index contributed by atoms with van der Waals surface area (Å²) in [6, 6.07) is 17.4. The average molecular weight is 603 g/mol. The zero-order valence-electron chi connectivity index (χ0n) is 23.3.